The van der Waals surface area contributed by atoms with E-state index in [4.69, 9.17) is 0 Å². The molecule has 0 bridgehead atoms. The van der Waals surface area contributed by atoms with E-state index in [0.717, 1.165) is 11.3 Å². The minimum Gasteiger partial charge on any atom is -0.257 e. The first-order valence-electron chi connectivity index (χ1n) is 2.07. The highest BCUT2D eigenvalue weighted by molar-refractivity contribution is 14.1. The lowest BCUT2D eigenvalue weighted by molar-refractivity contribution is -0.381. The molecule has 0 fully saturated rings. The molecule has 0 unspecified atom stereocenters. The second-order valence-electron chi connectivity index (χ2n) is 1.32. The summed E-state index contributed by atoms with van der Waals surface area (Å²) in [6.07, 6.45) is 0. The highest BCUT2D eigenvalue weighted by atomic mass is 127. The van der Waals surface area contributed by atoms with Crippen LogP contribution in [0.25, 0.3) is 0 Å². The zero-order chi connectivity index (χ0) is 7.72. The Labute approximate surface area is 87.5 Å². The lowest BCUT2D eigenvalue weighted by atomic mass is 10.9. The maximum Gasteiger partial charge on any atom is 0.358 e. The first-order valence-corrected chi connectivity index (χ1v) is 5.05. The lowest BCUT2D eigenvalue weighted by Gasteiger charge is -1.80. The summed E-state index contributed by atoms with van der Waals surface area (Å²) in [6, 6.07) is 0. The summed E-state index contributed by atoms with van der Waals surface area (Å²) in [5.74, 6) is 0. The van der Waals surface area contributed by atoms with E-state index in [1.165, 1.54) is 0 Å². The highest BCUT2D eigenvalue weighted by Crippen LogP contribution is 2.28. The molecule has 0 spiro atoms. The van der Waals surface area contributed by atoms with Crippen molar-refractivity contribution in [2.75, 3.05) is 0 Å². The molecular weight excluding hydrogens is 382 g/mol. The molecule has 0 N–H and O–H groups in total. The predicted octanol–water partition coefficient (Wildman–Crippen LogP) is 2.26. The molecule has 0 aliphatic rings. The Hall–Kier alpha value is 0.490. The molecule has 4 nitrogen and oxygen atoms in total. The molecule has 0 aromatic carbocycles. The zero-order valence-corrected chi connectivity index (χ0v) is 9.51. The zero-order valence-electron chi connectivity index (χ0n) is 4.38. The second-order valence-corrected chi connectivity index (χ2v) is 5.07. The molecule has 0 amide bonds. The first kappa shape index (κ1) is 8.59. The van der Waals surface area contributed by atoms with Crippen LogP contribution in [0.5, 0.6) is 0 Å². The van der Waals surface area contributed by atoms with Gasteiger partial charge in [-0.1, -0.05) is 0 Å². The molecule has 0 atom stereocenters. The van der Waals surface area contributed by atoms with Crippen molar-refractivity contribution in [1.82, 2.24) is 4.98 Å². The van der Waals surface area contributed by atoms with Crippen molar-refractivity contribution in [3.8, 4) is 0 Å². The largest absolute Gasteiger partial charge is 0.358 e. The number of hydrogen-bond donors (Lipinski definition) is 0. The van der Waals surface area contributed by atoms with Gasteiger partial charge in [0, 0.05) is 0 Å². The number of thiazole rings is 1. The molecular formula is C3I2N2O2S. The first-order chi connectivity index (χ1) is 4.61. The van der Waals surface area contributed by atoms with E-state index in [9.17, 15) is 10.1 Å². The predicted molar refractivity (Wildman–Crippen MR) is 54.2 cm³/mol. The van der Waals surface area contributed by atoms with Gasteiger partial charge in [-0.2, -0.15) is 0 Å². The Morgan fingerprint density at radius 3 is 2.40 bits per heavy atom. The standard InChI is InChI=1S/C3I2N2O2S/c4-1-2(7(8)9)10-3(5)6-1. The van der Waals surface area contributed by atoms with Gasteiger partial charge in [-0.3, -0.25) is 10.1 Å². The molecule has 0 saturated heterocycles. The SMILES string of the molecule is O=[N+]([O-])c1sc(I)nc1I. The fourth-order valence-electron chi connectivity index (χ4n) is 0.382. The van der Waals surface area contributed by atoms with Crippen molar-refractivity contribution in [3.63, 3.8) is 0 Å². The van der Waals surface area contributed by atoms with Gasteiger partial charge in [0.2, 0.25) is 0 Å². The number of halogens is 2. The lowest BCUT2D eigenvalue weighted by Crippen LogP contribution is -1.85. The minimum atomic E-state index is -0.415. The molecule has 0 radical (unpaired) electrons. The van der Waals surface area contributed by atoms with Crippen LogP contribution in [-0.4, -0.2) is 9.91 Å². The van der Waals surface area contributed by atoms with Gasteiger partial charge in [0.1, 0.15) is 0 Å². The third kappa shape index (κ3) is 1.75. The third-order valence-electron chi connectivity index (χ3n) is 0.709. The van der Waals surface area contributed by atoms with Gasteiger partial charge < -0.3 is 0 Å². The Bertz CT molecular complexity index is 273. The van der Waals surface area contributed by atoms with Gasteiger partial charge >= 0.3 is 5.00 Å². The van der Waals surface area contributed by atoms with Gasteiger partial charge in [0.05, 0.1) is 4.92 Å². The fraction of sp³-hybridized carbons (Fsp3) is 0. The fourth-order valence-corrected chi connectivity index (χ4v) is 3.14. The van der Waals surface area contributed by atoms with Crippen LogP contribution in [0.3, 0.4) is 0 Å². The van der Waals surface area contributed by atoms with Crippen molar-refractivity contribution in [3.05, 3.63) is 16.8 Å². The molecule has 7 heteroatoms. The van der Waals surface area contributed by atoms with Crippen molar-refractivity contribution in [2.24, 2.45) is 0 Å². The monoisotopic (exact) mass is 382 g/mol. The molecule has 1 heterocycles. The summed E-state index contributed by atoms with van der Waals surface area (Å²) >= 11 is 4.90. The molecule has 0 aliphatic heterocycles. The third-order valence-corrected chi connectivity index (χ3v) is 3.52. The normalized spacial score (nSPS) is 9.80. The van der Waals surface area contributed by atoms with E-state index < -0.39 is 4.92 Å². The van der Waals surface area contributed by atoms with Crippen molar-refractivity contribution >= 4 is 61.5 Å². The van der Waals surface area contributed by atoms with Crippen molar-refractivity contribution < 1.29 is 4.92 Å². The second kappa shape index (κ2) is 3.26. The van der Waals surface area contributed by atoms with Gasteiger partial charge in [0.25, 0.3) is 0 Å². The molecule has 1 aromatic heterocycles. The van der Waals surface area contributed by atoms with Crippen LogP contribution in [0.1, 0.15) is 0 Å². The van der Waals surface area contributed by atoms with Gasteiger partial charge in [0.15, 0.2) is 6.72 Å². The van der Waals surface area contributed by atoms with E-state index >= 15 is 0 Å². The Kier molecular flexibility index (Phi) is 2.80. The molecule has 0 aliphatic carbocycles. The number of aromatic nitrogens is 1. The van der Waals surface area contributed by atoms with Crippen LogP contribution in [0.4, 0.5) is 5.00 Å². The Balaban J connectivity index is 3.15. The molecule has 1 aromatic rings. The van der Waals surface area contributed by atoms with Gasteiger partial charge in [-0.15, -0.1) is 0 Å². The summed E-state index contributed by atoms with van der Waals surface area (Å²) in [5.41, 5.74) is 0. The van der Waals surface area contributed by atoms with Crippen molar-refractivity contribution in [1.29, 1.82) is 0 Å². The quantitative estimate of drug-likeness (QED) is 0.426. The summed E-state index contributed by atoms with van der Waals surface area (Å²) in [7, 11) is 0. The summed E-state index contributed by atoms with van der Waals surface area (Å²) < 4.78 is 1.17. The number of rotatable bonds is 1. The van der Waals surface area contributed by atoms with Crippen molar-refractivity contribution in [2.45, 2.75) is 0 Å². The smallest absolute Gasteiger partial charge is 0.257 e. The highest BCUT2D eigenvalue weighted by Gasteiger charge is 2.16. The molecule has 1 rings (SSSR count). The van der Waals surface area contributed by atoms with E-state index in [-0.39, 0.29) is 5.00 Å². The van der Waals surface area contributed by atoms with Crippen LogP contribution in [0.15, 0.2) is 0 Å². The Morgan fingerprint density at radius 1 is 1.60 bits per heavy atom. The summed E-state index contributed by atoms with van der Waals surface area (Å²) in [6.45, 7) is 0. The van der Waals surface area contributed by atoms with Gasteiger partial charge in [-0.05, 0) is 56.5 Å². The van der Waals surface area contributed by atoms with Crippen LogP contribution >= 0.6 is 56.5 Å². The molecule has 0 saturated carbocycles. The minimum absolute atomic E-state index is 0.130. The maximum absolute atomic E-state index is 10.2. The number of hydrogen-bond acceptors (Lipinski definition) is 4. The molecule has 54 valence electrons. The number of nitrogens with zero attached hydrogens (tertiary/aromatic N) is 2. The average molecular weight is 382 g/mol. The van der Waals surface area contributed by atoms with E-state index in [2.05, 4.69) is 4.98 Å². The topological polar surface area (TPSA) is 56.0 Å². The Morgan fingerprint density at radius 2 is 2.20 bits per heavy atom. The van der Waals surface area contributed by atoms with Crippen LogP contribution in [0, 0.1) is 16.8 Å². The van der Waals surface area contributed by atoms with E-state index in [1.807, 2.05) is 45.2 Å². The van der Waals surface area contributed by atoms with Gasteiger partial charge in [-0.25, -0.2) is 4.98 Å². The number of nitro groups is 1. The summed E-state index contributed by atoms with van der Waals surface area (Å²) in [4.78, 5) is 13.7. The maximum atomic E-state index is 10.2. The van der Waals surface area contributed by atoms with E-state index in [0.29, 0.717) is 6.72 Å². The van der Waals surface area contributed by atoms with Crippen LogP contribution < -0.4 is 0 Å². The average Bonchev–Trinajstić information content (AvgIpc) is 2.10. The van der Waals surface area contributed by atoms with Crippen LogP contribution in [0.2, 0.25) is 0 Å². The summed E-state index contributed by atoms with van der Waals surface area (Å²) in [5, 5.41) is 10.3. The molecule has 10 heavy (non-hydrogen) atoms. The van der Waals surface area contributed by atoms with E-state index in [1.54, 1.807) is 0 Å². The van der Waals surface area contributed by atoms with Crippen LogP contribution in [-0.2, 0) is 0 Å².